The summed E-state index contributed by atoms with van der Waals surface area (Å²) in [5.41, 5.74) is 0.579. The standard InChI is InChI=1S/C26H29F3N2O6/c1-2-35-25(34)19-7-11-21(12-8-19)36-20-9-3-17(4-10-20)23(32)30-15-16-31-24(33)18-5-13-22(14-6-18)37-26(27,28)29/h3-6,9-10,13-14,19,21H,2,7-8,11-12,15-16H2,1H3,(H,30,32)(H,31,33)/t19-,21+. The van der Waals surface area contributed by atoms with Crippen molar-refractivity contribution < 1.29 is 41.8 Å². The van der Waals surface area contributed by atoms with Crippen LogP contribution >= 0.6 is 0 Å². The molecule has 0 spiro atoms. The second kappa shape index (κ2) is 13.0. The summed E-state index contributed by atoms with van der Waals surface area (Å²) in [6, 6.07) is 11.2. The molecule has 0 heterocycles. The smallest absolute Gasteiger partial charge is 0.490 e. The molecule has 11 heteroatoms. The normalized spacial score (nSPS) is 17.4. The predicted molar refractivity (Wildman–Crippen MR) is 127 cm³/mol. The number of amides is 2. The predicted octanol–water partition coefficient (Wildman–Crippen LogP) is 4.25. The Labute approximate surface area is 212 Å². The van der Waals surface area contributed by atoms with Gasteiger partial charge in [0.15, 0.2) is 0 Å². The lowest BCUT2D eigenvalue weighted by molar-refractivity contribution is -0.274. The number of carbonyl (C=O) groups is 3. The third kappa shape index (κ3) is 9.00. The SMILES string of the molecule is CCOC(=O)[C@H]1CC[C@@H](Oc2ccc(C(=O)NCCNC(=O)c3ccc(OC(F)(F)F)cc3)cc2)CC1. The molecule has 0 aromatic heterocycles. The maximum absolute atomic E-state index is 12.4. The molecule has 2 amide bonds. The van der Waals surface area contributed by atoms with Crippen LogP contribution in [-0.2, 0) is 9.53 Å². The molecule has 0 radical (unpaired) electrons. The maximum Gasteiger partial charge on any atom is 0.573 e. The summed E-state index contributed by atoms with van der Waals surface area (Å²) in [6.45, 7) is 2.45. The summed E-state index contributed by atoms with van der Waals surface area (Å²) in [5.74, 6) is -0.835. The average molecular weight is 523 g/mol. The van der Waals surface area contributed by atoms with Crippen molar-refractivity contribution >= 4 is 17.8 Å². The van der Waals surface area contributed by atoms with Crippen LogP contribution in [0.4, 0.5) is 13.2 Å². The first kappa shape index (κ1) is 27.8. The molecule has 0 saturated heterocycles. The Morgan fingerprint density at radius 3 is 1.76 bits per heavy atom. The van der Waals surface area contributed by atoms with Crippen LogP contribution in [0, 0.1) is 5.92 Å². The molecule has 0 atom stereocenters. The number of ether oxygens (including phenoxy) is 3. The molecule has 2 aromatic rings. The molecule has 3 rings (SSSR count). The van der Waals surface area contributed by atoms with Crippen LogP contribution in [0.2, 0.25) is 0 Å². The van der Waals surface area contributed by atoms with Crippen LogP contribution < -0.4 is 20.1 Å². The molecular formula is C26H29F3N2O6. The van der Waals surface area contributed by atoms with E-state index in [1.54, 1.807) is 31.2 Å². The monoisotopic (exact) mass is 522 g/mol. The molecule has 1 aliphatic rings. The van der Waals surface area contributed by atoms with E-state index in [1.165, 1.54) is 12.1 Å². The van der Waals surface area contributed by atoms with Crippen molar-refractivity contribution in [2.24, 2.45) is 5.92 Å². The molecule has 1 fully saturated rings. The number of hydrogen-bond donors (Lipinski definition) is 2. The number of hydrogen-bond acceptors (Lipinski definition) is 6. The largest absolute Gasteiger partial charge is 0.573 e. The van der Waals surface area contributed by atoms with Crippen molar-refractivity contribution in [2.75, 3.05) is 19.7 Å². The Morgan fingerprint density at radius 1 is 0.811 bits per heavy atom. The summed E-state index contributed by atoms with van der Waals surface area (Å²) in [4.78, 5) is 36.3. The summed E-state index contributed by atoms with van der Waals surface area (Å²) in [5, 5.41) is 5.26. The first-order chi connectivity index (χ1) is 17.6. The van der Waals surface area contributed by atoms with Gasteiger partial charge in [0, 0.05) is 24.2 Å². The highest BCUT2D eigenvalue weighted by molar-refractivity contribution is 5.95. The number of carbonyl (C=O) groups excluding carboxylic acids is 3. The van der Waals surface area contributed by atoms with Gasteiger partial charge in [-0.1, -0.05) is 0 Å². The average Bonchev–Trinajstić information content (AvgIpc) is 2.87. The third-order valence-corrected chi connectivity index (χ3v) is 5.76. The Bertz CT molecular complexity index is 1050. The first-order valence-electron chi connectivity index (χ1n) is 12.0. The number of esters is 1. The van der Waals surface area contributed by atoms with Crippen LogP contribution in [0.25, 0.3) is 0 Å². The first-order valence-corrected chi connectivity index (χ1v) is 12.0. The molecule has 0 unspecified atom stereocenters. The Balaban J connectivity index is 1.36. The molecule has 200 valence electrons. The highest BCUT2D eigenvalue weighted by Crippen LogP contribution is 2.28. The van der Waals surface area contributed by atoms with E-state index in [0.29, 0.717) is 17.9 Å². The lowest BCUT2D eigenvalue weighted by Gasteiger charge is -2.27. The molecule has 37 heavy (non-hydrogen) atoms. The van der Waals surface area contributed by atoms with Gasteiger partial charge < -0.3 is 24.8 Å². The van der Waals surface area contributed by atoms with E-state index in [-0.39, 0.29) is 42.6 Å². The van der Waals surface area contributed by atoms with E-state index >= 15 is 0 Å². The summed E-state index contributed by atoms with van der Waals surface area (Å²) < 4.78 is 51.5. The molecule has 2 N–H and O–H groups in total. The van der Waals surface area contributed by atoms with E-state index in [4.69, 9.17) is 9.47 Å². The van der Waals surface area contributed by atoms with E-state index < -0.39 is 18.0 Å². The quantitative estimate of drug-likeness (QED) is 0.357. The van der Waals surface area contributed by atoms with Gasteiger partial charge in [-0.2, -0.15) is 0 Å². The van der Waals surface area contributed by atoms with Gasteiger partial charge in [-0.3, -0.25) is 14.4 Å². The fourth-order valence-electron chi connectivity index (χ4n) is 3.92. The second-order valence-corrected chi connectivity index (χ2v) is 8.45. The minimum Gasteiger partial charge on any atom is -0.490 e. The van der Waals surface area contributed by atoms with Gasteiger partial charge in [-0.05, 0) is 81.1 Å². The third-order valence-electron chi connectivity index (χ3n) is 5.76. The van der Waals surface area contributed by atoms with Gasteiger partial charge in [-0.25, -0.2) is 0 Å². The van der Waals surface area contributed by atoms with Crippen LogP contribution in [0.1, 0.15) is 53.3 Å². The topological polar surface area (TPSA) is 103 Å². The highest BCUT2D eigenvalue weighted by Gasteiger charge is 2.31. The lowest BCUT2D eigenvalue weighted by atomic mass is 9.87. The highest BCUT2D eigenvalue weighted by atomic mass is 19.4. The number of rotatable bonds is 10. The van der Waals surface area contributed by atoms with Gasteiger partial charge in [0.25, 0.3) is 11.8 Å². The number of halogens is 3. The van der Waals surface area contributed by atoms with E-state index in [1.807, 2.05) is 0 Å². The van der Waals surface area contributed by atoms with Crippen molar-refractivity contribution in [2.45, 2.75) is 45.1 Å². The molecular weight excluding hydrogens is 493 g/mol. The van der Waals surface area contributed by atoms with Gasteiger partial charge in [-0.15, -0.1) is 13.2 Å². The fourth-order valence-corrected chi connectivity index (χ4v) is 3.92. The second-order valence-electron chi connectivity index (χ2n) is 8.45. The van der Waals surface area contributed by atoms with Gasteiger partial charge >= 0.3 is 12.3 Å². The van der Waals surface area contributed by atoms with Crippen LogP contribution in [0.3, 0.4) is 0 Å². The number of nitrogens with one attached hydrogen (secondary N) is 2. The number of benzene rings is 2. The van der Waals surface area contributed by atoms with E-state index in [0.717, 1.165) is 37.8 Å². The number of alkyl halides is 3. The summed E-state index contributed by atoms with van der Waals surface area (Å²) in [7, 11) is 0. The zero-order chi connectivity index (χ0) is 26.8. The zero-order valence-electron chi connectivity index (χ0n) is 20.3. The van der Waals surface area contributed by atoms with Gasteiger partial charge in [0.2, 0.25) is 0 Å². The van der Waals surface area contributed by atoms with Crippen molar-refractivity contribution in [1.82, 2.24) is 10.6 Å². The van der Waals surface area contributed by atoms with Gasteiger partial charge in [0.05, 0.1) is 18.6 Å². The molecule has 2 aromatic carbocycles. The van der Waals surface area contributed by atoms with Crippen LogP contribution in [-0.4, -0.2) is 49.9 Å². The molecule has 0 bridgehead atoms. The molecule has 1 saturated carbocycles. The van der Waals surface area contributed by atoms with Crippen LogP contribution in [0.15, 0.2) is 48.5 Å². The van der Waals surface area contributed by atoms with Crippen molar-refractivity contribution in [1.29, 1.82) is 0 Å². The van der Waals surface area contributed by atoms with Crippen molar-refractivity contribution in [3.05, 3.63) is 59.7 Å². The fraction of sp³-hybridized carbons (Fsp3) is 0.423. The van der Waals surface area contributed by atoms with Gasteiger partial charge in [0.1, 0.15) is 11.5 Å². The Morgan fingerprint density at radius 2 is 1.30 bits per heavy atom. The zero-order valence-corrected chi connectivity index (χ0v) is 20.3. The van der Waals surface area contributed by atoms with E-state index in [9.17, 15) is 27.6 Å². The van der Waals surface area contributed by atoms with Crippen molar-refractivity contribution in [3.8, 4) is 11.5 Å². The summed E-state index contributed by atoms with van der Waals surface area (Å²) >= 11 is 0. The molecule has 8 nitrogen and oxygen atoms in total. The van der Waals surface area contributed by atoms with Crippen LogP contribution in [0.5, 0.6) is 11.5 Å². The maximum atomic E-state index is 12.4. The molecule has 1 aliphatic carbocycles. The lowest BCUT2D eigenvalue weighted by Crippen LogP contribution is -2.34. The van der Waals surface area contributed by atoms with Crippen molar-refractivity contribution in [3.63, 3.8) is 0 Å². The Hall–Kier alpha value is -3.76. The Kier molecular flexibility index (Phi) is 9.76. The van der Waals surface area contributed by atoms with E-state index in [2.05, 4.69) is 15.4 Å². The molecule has 0 aliphatic heterocycles. The summed E-state index contributed by atoms with van der Waals surface area (Å²) in [6.07, 6.45) is -1.86. The minimum absolute atomic E-state index is 0.00216. The minimum atomic E-state index is -4.80.